The van der Waals surface area contributed by atoms with Crippen LogP contribution in [0.3, 0.4) is 0 Å². The van der Waals surface area contributed by atoms with E-state index in [4.69, 9.17) is 0 Å². The summed E-state index contributed by atoms with van der Waals surface area (Å²) in [7, 11) is -2.81. The maximum Gasteiger partial charge on any atom is 0.261 e. The number of halogens is 1. The molecule has 2 aliphatic carbocycles. The van der Waals surface area contributed by atoms with E-state index >= 15 is 0 Å². The summed E-state index contributed by atoms with van der Waals surface area (Å²) in [6.45, 7) is 0.311. The molecule has 1 amide bonds. The average molecular weight is 466 g/mol. The van der Waals surface area contributed by atoms with Crippen LogP contribution in [0.5, 0.6) is 0 Å². The molecule has 0 spiro atoms. The van der Waals surface area contributed by atoms with Crippen molar-refractivity contribution in [2.45, 2.75) is 36.7 Å². The number of hydrogen-bond donors (Lipinski definition) is 1. The lowest BCUT2D eigenvalue weighted by atomic mass is 9.77. The molecule has 1 N–H and O–H groups in total. The van der Waals surface area contributed by atoms with Crippen LogP contribution in [0.4, 0.5) is 10.1 Å². The van der Waals surface area contributed by atoms with E-state index in [1.165, 1.54) is 18.4 Å². The molecule has 6 nitrogen and oxygen atoms in total. The Balaban J connectivity index is 1.48. The van der Waals surface area contributed by atoms with Crippen molar-refractivity contribution in [1.29, 1.82) is 0 Å². The van der Waals surface area contributed by atoms with E-state index in [2.05, 4.69) is 9.36 Å². The summed E-state index contributed by atoms with van der Waals surface area (Å²) in [6, 6.07) is 13.1. The van der Waals surface area contributed by atoms with Gasteiger partial charge in [-0.1, -0.05) is 24.3 Å². The van der Waals surface area contributed by atoms with Gasteiger partial charge in [0.1, 0.15) is 17.1 Å². The first-order chi connectivity index (χ1) is 15.8. The van der Waals surface area contributed by atoms with Crippen LogP contribution in [-0.4, -0.2) is 38.3 Å². The number of amidine groups is 1. The van der Waals surface area contributed by atoms with Crippen molar-refractivity contribution >= 4 is 27.2 Å². The Bertz CT molecular complexity index is 1360. The third-order valence-corrected chi connectivity index (χ3v) is 9.21. The Morgan fingerprint density at radius 1 is 1.12 bits per heavy atom. The number of aliphatic hydroxyl groups is 1. The third kappa shape index (κ3) is 3.14. The number of rotatable bonds is 3. The lowest BCUT2D eigenvalue weighted by Gasteiger charge is -2.43. The largest absolute Gasteiger partial charge is 0.511 e. The van der Waals surface area contributed by atoms with Gasteiger partial charge in [-0.15, -0.1) is 0 Å². The van der Waals surface area contributed by atoms with Crippen LogP contribution in [0.15, 0.2) is 74.1 Å². The molecule has 4 aliphatic rings. The van der Waals surface area contributed by atoms with E-state index in [1.807, 2.05) is 0 Å². The molecule has 6 rings (SSSR count). The SMILES string of the molecule is CS1(=O)=NC(C2=C(O)[C@@H]3[C@H]4CC[C@@H](C4)[C@@H]3N(Cc3ccc(F)cc3)C2=O)=Nc2ccccc21. The van der Waals surface area contributed by atoms with Gasteiger partial charge in [-0.05, 0) is 60.9 Å². The van der Waals surface area contributed by atoms with Crippen molar-refractivity contribution in [3.05, 3.63) is 71.2 Å². The molecule has 8 heteroatoms. The predicted octanol–water partition coefficient (Wildman–Crippen LogP) is 4.60. The molecule has 2 fully saturated rings. The van der Waals surface area contributed by atoms with Crippen LogP contribution in [0.25, 0.3) is 0 Å². The summed E-state index contributed by atoms with van der Waals surface area (Å²) in [5, 5.41) is 11.4. The number of fused-ring (bicyclic) bond motifs is 6. The molecule has 2 bridgehead atoms. The first kappa shape index (κ1) is 20.6. The van der Waals surface area contributed by atoms with Crippen LogP contribution < -0.4 is 0 Å². The van der Waals surface area contributed by atoms with Crippen molar-refractivity contribution < 1.29 is 18.5 Å². The second kappa shape index (κ2) is 7.25. The number of para-hydroxylation sites is 1. The molecule has 0 saturated heterocycles. The molecule has 0 aromatic heterocycles. The molecule has 1 unspecified atom stereocenters. The molecule has 5 atom stereocenters. The normalized spacial score (nSPS) is 32.4. The van der Waals surface area contributed by atoms with Crippen LogP contribution in [-0.2, 0) is 21.1 Å². The monoisotopic (exact) mass is 465 g/mol. The Kier molecular flexibility index (Phi) is 4.52. The van der Waals surface area contributed by atoms with E-state index in [1.54, 1.807) is 41.3 Å². The van der Waals surface area contributed by atoms with Gasteiger partial charge in [0.05, 0.1) is 20.3 Å². The second-order valence-electron chi connectivity index (χ2n) is 9.47. The summed E-state index contributed by atoms with van der Waals surface area (Å²) in [5.74, 6) is -0.177. The molecule has 2 heterocycles. The number of aliphatic imine (C=N–C) groups is 1. The molecular formula is C25H24FN3O3S. The first-order valence-corrected chi connectivity index (χ1v) is 13.1. The lowest BCUT2D eigenvalue weighted by molar-refractivity contribution is -0.134. The number of amides is 1. The van der Waals surface area contributed by atoms with Gasteiger partial charge in [0.2, 0.25) is 0 Å². The molecule has 2 aromatic rings. The smallest absolute Gasteiger partial charge is 0.261 e. The van der Waals surface area contributed by atoms with Crippen LogP contribution in [0.2, 0.25) is 0 Å². The molecule has 170 valence electrons. The molecule has 0 radical (unpaired) electrons. The third-order valence-electron chi connectivity index (χ3n) is 7.53. The Hall–Kier alpha value is -3.00. The zero-order valence-corrected chi connectivity index (χ0v) is 19.0. The van der Waals surface area contributed by atoms with E-state index in [-0.39, 0.29) is 40.9 Å². The van der Waals surface area contributed by atoms with E-state index in [0.29, 0.717) is 29.0 Å². The summed E-state index contributed by atoms with van der Waals surface area (Å²) >= 11 is 0. The predicted molar refractivity (Wildman–Crippen MR) is 123 cm³/mol. The zero-order chi connectivity index (χ0) is 22.9. The molecular weight excluding hydrogens is 441 g/mol. The lowest BCUT2D eigenvalue weighted by Crippen LogP contribution is -2.53. The highest BCUT2D eigenvalue weighted by molar-refractivity contribution is 7.93. The van der Waals surface area contributed by atoms with Crippen LogP contribution in [0.1, 0.15) is 24.8 Å². The second-order valence-corrected chi connectivity index (χ2v) is 11.7. The van der Waals surface area contributed by atoms with Gasteiger partial charge < -0.3 is 10.0 Å². The van der Waals surface area contributed by atoms with E-state index < -0.39 is 9.73 Å². The van der Waals surface area contributed by atoms with Crippen molar-refractivity contribution in [2.75, 3.05) is 6.26 Å². The van der Waals surface area contributed by atoms with Crippen LogP contribution in [0, 0.1) is 23.6 Å². The highest BCUT2D eigenvalue weighted by Gasteiger charge is 2.57. The van der Waals surface area contributed by atoms with Crippen molar-refractivity contribution in [3.63, 3.8) is 0 Å². The number of aliphatic hydroxyl groups excluding tert-OH is 1. The average Bonchev–Trinajstić information content (AvgIpc) is 3.40. The summed E-state index contributed by atoms with van der Waals surface area (Å²) in [4.78, 5) is 20.7. The number of hydrogen-bond acceptors (Lipinski definition) is 5. The van der Waals surface area contributed by atoms with Crippen molar-refractivity contribution in [3.8, 4) is 0 Å². The van der Waals surface area contributed by atoms with Gasteiger partial charge in [-0.25, -0.2) is 13.6 Å². The highest BCUT2D eigenvalue weighted by Crippen LogP contribution is 2.55. The Morgan fingerprint density at radius 2 is 1.85 bits per heavy atom. The summed E-state index contributed by atoms with van der Waals surface area (Å²) in [6.07, 6.45) is 4.54. The van der Waals surface area contributed by atoms with Gasteiger partial charge in [-0.3, -0.25) is 4.79 Å². The van der Waals surface area contributed by atoms with Crippen molar-refractivity contribution in [2.24, 2.45) is 27.1 Å². The molecule has 2 aromatic carbocycles. The van der Waals surface area contributed by atoms with Gasteiger partial charge in [0, 0.05) is 24.8 Å². The fraction of sp³-hybridized carbons (Fsp3) is 0.360. The van der Waals surface area contributed by atoms with Gasteiger partial charge in [-0.2, -0.15) is 4.36 Å². The molecule has 2 aliphatic heterocycles. The molecule has 2 saturated carbocycles. The van der Waals surface area contributed by atoms with Gasteiger partial charge in [0.25, 0.3) is 5.91 Å². The Morgan fingerprint density at radius 3 is 2.64 bits per heavy atom. The van der Waals surface area contributed by atoms with E-state index in [0.717, 1.165) is 24.8 Å². The van der Waals surface area contributed by atoms with E-state index in [9.17, 15) is 18.5 Å². The van der Waals surface area contributed by atoms with Crippen molar-refractivity contribution in [1.82, 2.24) is 4.90 Å². The fourth-order valence-corrected chi connectivity index (χ4v) is 7.54. The minimum Gasteiger partial charge on any atom is -0.511 e. The number of nitrogens with zero attached hydrogens (tertiary/aromatic N) is 3. The first-order valence-electron chi connectivity index (χ1n) is 11.2. The zero-order valence-electron chi connectivity index (χ0n) is 18.1. The highest BCUT2D eigenvalue weighted by atomic mass is 32.2. The molecule has 33 heavy (non-hydrogen) atoms. The number of carbonyl (C=O) groups is 1. The fourth-order valence-electron chi connectivity index (χ4n) is 6.14. The quantitative estimate of drug-likeness (QED) is 0.720. The van der Waals surface area contributed by atoms with Gasteiger partial charge >= 0.3 is 0 Å². The van der Waals surface area contributed by atoms with Crippen LogP contribution >= 0.6 is 0 Å². The minimum absolute atomic E-state index is 0.0321. The minimum atomic E-state index is -2.81. The number of benzene rings is 2. The maximum atomic E-state index is 13.8. The number of carbonyl (C=O) groups excluding carboxylic acids is 1. The summed E-state index contributed by atoms with van der Waals surface area (Å²) < 4.78 is 31.2. The standard InChI is InChI=1S/C25H24FN3O3S/c1-33(32)19-5-3-2-4-18(19)27-24(28-33)21-23(30)20-15-8-9-16(12-15)22(20)29(25(21)31)13-14-6-10-17(26)11-7-14/h2-7,10-11,15-16,20,22,30H,8-9,12-13H2,1H3/t15-,16-,20+,22-,33?/m0/s1. The Labute approximate surface area is 192 Å². The summed E-state index contributed by atoms with van der Waals surface area (Å²) in [5.41, 5.74) is 1.37. The maximum absolute atomic E-state index is 13.8. The van der Waals surface area contributed by atoms with Gasteiger partial charge in [0.15, 0.2) is 5.84 Å². The topological polar surface area (TPSA) is 82.3 Å².